The third-order valence-corrected chi connectivity index (χ3v) is 4.80. The van der Waals surface area contributed by atoms with Gasteiger partial charge in [0.05, 0.1) is 18.2 Å². The third kappa shape index (κ3) is 4.21. The van der Waals surface area contributed by atoms with E-state index in [9.17, 15) is 18.8 Å². The topological polar surface area (TPSA) is 91.1 Å². The fraction of sp³-hybridized carbons (Fsp3) is 0.350. The first-order valence-corrected chi connectivity index (χ1v) is 8.96. The molecule has 1 aromatic heterocycles. The normalized spacial score (nSPS) is 14.2. The number of rotatable bonds is 5. The van der Waals surface area contributed by atoms with Gasteiger partial charge in [0.1, 0.15) is 18.0 Å². The summed E-state index contributed by atoms with van der Waals surface area (Å²) in [5.41, 5.74) is 1.20. The van der Waals surface area contributed by atoms with Crippen LogP contribution in [0.4, 0.5) is 4.39 Å². The number of piperazine rings is 1. The van der Waals surface area contributed by atoms with Crippen LogP contribution in [0.2, 0.25) is 0 Å². The fourth-order valence-electron chi connectivity index (χ4n) is 3.29. The average molecular weight is 388 g/mol. The predicted octanol–water partition coefficient (Wildman–Crippen LogP) is 1.88. The second-order valence-electron chi connectivity index (χ2n) is 6.73. The Labute approximate surface area is 161 Å². The van der Waals surface area contributed by atoms with E-state index in [-0.39, 0.29) is 36.0 Å². The van der Waals surface area contributed by atoms with Gasteiger partial charge in [-0.2, -0.15) is 0 Å². The average Bonchev–Trinajstić information content (AvgIpc) is 3.02. The first-order chi connectivity index (χ1) is 13.4. The Balaban J connectivity index is 1.62. The minimum absolute atomic E-state index is 0.0236. The Morgan fingerprint density at radius 1 is 1.07 bits per heavy atom. The van der Waals surface area contributed by atoms with Crippen molar-refractivity contribution < 1.29 is 28.3 Å². The van der Waals surface area contributed by atoms with E-state index in [1.165, 1.54) is 12.3 Å². The second-order valence-corrected chi connectivity index (χ2v) is 6.73. The number of amides is 2. The van der Waals surface area contributed by atoms with E-state index in [2.05, 4.69) is 0 Å². The zero-order valence-electron chi connectivity index (χ0n) is 15.5. The van der Waals surface area contributed by atoms with Crippen LogP contribution in [0, 0.1) is 12.7 Å². The van der Waals surface area contributed by atoms with E-state index in [1.54, 1.807) is 34.9 Å². The Bertz CT molecular complexity index is 900. The zero-order valence-corrected chi connectivity index (χ0v) is 15.5. The van der Waals surface area contributed by atoms with Crippen molar-refractivity contribution in [1.82, 2.24) is 9.80 Å². The number of carboxylic acid groups (broad SMARTS) is 1. The number of halogens is 1. The number of hydrogen-bond donors (Lipinski definition) is 1. The summed E-state index contributed by atoms with van der Waals surface area (Å²) in [5, 5.41) is 8.97. The molecule has 1 aliphatic rings. The van der Waals surface area contributed by atoms with Crippen LogP contribution in [0.3, 0.4) is 0 Å². The Morgan fingerprint density at radius 2 is 1.71 bits per heavy atom. The first-order valence-electron chi connectivity index (χ1n) is 8.96. The zero-order chi connectivity index (χ0) is 20.3. The highest BCUT2D eigenvalue weighted by Gasteiger charge is 2.29. The Hall–Kier alpha value is -3.16. The molecule has 0 bridgehead atoms. The minimum atomic E-state index is -1.08. The van der Waals surface area contributed by atoms with E-state index < -0.39 is 11.8 Å². The maximum atomic E-state index is 13.7. The van der Waals surface area contributed by atoms with Crippen molar-refractivity contribution in [1.29, 1.82) is 0 Å². The molecule has 1 aliphatic heterocycles. The van der Waals surface area contributed by atoms with Gasteiger partial charge < -0.3 is 19.3 Å². The second kappa shape index (κ2) is 8.24. The van der Waals surface area contributed by atoms with Gasteiger partial charge in [-0.15, -0.1) is 0 Å². The van der Waals surface area contributed by atoms with E-state index in [1.807, 2.05) is 0 Å². The first kappa shape index (κ1) is 19.6. The van der Waals surface area contributed by atoms with E-state index in [0.29, 0.717) is 37.3 Å². The summed E-state index contributed by atoms with van der Waals surface area (Å²) in [5.74, 6) is -1.85. The van der Waals surface area contributed by atoms with Gasteiger partial charge in [-0.3, -0.25) is 14.4 Å². The predicted molar refractivity (Wildman–Crippen MR) is 97.4 cm³/mol. The molecule has 0 atom stereocenters. The SMILES string of the molecule is Cc1coc(CC(=O)O)c1C(=O)N1CCN(C(=O)Cc2ccccc2F)CC1. The molecule has 0 radical (unpaired) electrons. The largest absolute Gasteiger partial charge is 0.481 e. The smallest absolute Gasteiger partial charge is 0.311 e. The van der Waals surface area contributed by atoms with Gasteiger partial charge in [0.15, 0.2) is 0 Å². The number of carbonyl (C=O) groups excluding carboxylic acids is 2. The molecule has 1 fully saturated rings. The molecule has 0 unspecified atom stereocenters. The van der Waals surface area contributed by atoms with Crippen molar-refractivity contribution in [2.75, 3.05) is 26.2 Å². The molecular weight excluding hydrogens is 367 g/mol. The fourth-order valence-corrected chi connectivity index (χ4v) is 3.29. The summed E-state index contributed by atoms with van der Waals surface area (Å²) >= 11 is 0. The van der Waals surface area contributed by atoms with Crippen LogP contribution in [0.15, 0.2) is 34.9 Å². The molecule has 0 aliphatic carbocycles. The summed E-state index contributed by atoms with van der Waals surface area (Å²) in [6, 6.07) is 6.16. The monoisotopic (exact) mass is 388 g/mol. The van der Waals surface area contributed by atoms with Crippen molar-refractivity contribution in [3.8, 4) is 0 Å². The number of aryl methyl sites for hydroxylation is 1. The molecular formula is C20H21FN2O5. The molecule has 1 aromatic carbocycles. The van der Waals surface area contributed by atoms with E-state index in [4.69, 9.17) is 9.52 Å². The molecule has 148 valence electrons. The highest BCUT2D eigenvalue weighted by Crippen LogP contribution is 2.21. The lowest BCUT2D eigenvalue weighted by atomic mass is 10.1. The summed E-state index contributed by atoms with van der Waals surface area (Å²) in [7, 11) is 0. The van der Waals surface area contributed by atoms with E-state index >= 15 is 0 Å². The number of aliphatic carboxylic acids is 1. The van der Waals surface area contributed by atoms with Crippen LogP contribution in [0.1, 0.15) is 27.2 Å². The van der Waals surface area contributed by atoms with Crippen LogP contribution in [-0.2, 0) is 22.4 Å². The van der Waals surface area contributed by atoms with Crippen LogP contribution in [0.25, 0.3) is 0 Å². The van der Waals surface area contributed by atoms with Crippen molar-refractivity contribution in [3.05, 3.63) is 58.8 Å². The van der Waals surface area contributed by atoms with Crippen molar-refractivity contribution in [2.45, 2.75) is 19.8 Å². The van der Waals surface area contributed by atoms with Gasteiger partial charge in [-0.1, -0.05) is 18.2 Å². The molecule has 0 spiro atoms. The summed E-state index contributed by atoms with van der Waals surface area (Å²) in [6.45, 7) is 3.00. The molecule has 2 heterocycles. The van der Waals surface area contributed by atoms with Crippen molar-refractivity contribution in [2.24, 2.45) is 0 Å². The Morgan fingerprint density at radius 3 is 2.36 bits per heavy atom. The number of benzene rings is 1. The molecule has 2 aromatic rings. The molecule has 7 nitrogen and oxygen atoms in total. The molecule has 8 heteroatoms. The molecule has 1 saturated heterocycles. The number of carbonyl (C=O) groups is 3. The lowest BCUT2D eigenvalue weighted by Crippen LogP contribution is -2.51. The van der Waals surface area contributed by atoms with Crippen LogP contribution in [0.5, 0.6) is 0 Å². The highest BCUT2D eigenvalue weighted by molar-refractivity contribution is 5.97. The molecule has 0 saturated carbocycles. The number of nitrogens with zero attached hydrogens (tertiary/aromatic N) is 2. The van der Waals surface area contributed by atoms with Gasteiger partial charge in [-0.05, 0) is 18.6 Å². The van der Waals surface area contributed by atoms with Gasteiger partial charge in [-0.25, -0.2) is 4.39 Å². The van der Waals surface area contributed by atoms with Crippen LogP contribution < -0.4 is 0 Å². The van der Waals surface area contributed by atoms with Crippen molar-refractivity contribution >= 4 is 17.8 Å². The molecule has 3 rings (SSSR count). The van der Waals surface area contributed by atoms with Gasteiger partial charge in [0, 0.05) is 31.7 Å². The van der Waals surface area contributed by atoms with Gasteiger partial charge >= 0.3 is 5.97 Å². The molecule has 1 N–H and O–H groups in total. The summed E-state index contributed by atoms with van der Waals surface area (Å²) in [6.07, 6.45) is 0.986. The standard InChI is InChI=1S/C20H21FN2O5/c1-13-12-28-16(11-18(25)26)19(13)20(27)23-8-6-22(7-9-23)17(24)10-14-4-2-3-5-15(14)21/h2-5,12H,6-11H2,1H3,(H,25,26). The summed E-state index contributed by atoms with van der Waals surface area (Å²) < 4.78 is 19.0. The van der Waals surface area contributed by atoms with Gasteiger partial charge in [0.2, 0.25) is 5.91 Å². The van der Waals surface area contributed by atoms with Crippen molar-refractivity contribution in [3.63, 3.8) is 0 Å². The summed E-state index contributed by atoms with van der Waals surface area (Å²) in [4.78, 5) is 39.4. The molecule has 2 amide bonds. The number of hydrogen-bond acceptors (Lipinski definition) is 4. The van der Waals surface area contributed by atoms with Crippen LogP contribution >= 0.6 is 0 Å². The molecule has 28 heavy (non-hydrogen) atoms. The lowest BCUT2D eigenvalue weighted by Gasteiger charge is -2.35. The van der Waals surface area contributed by atoms with E-state index in [0.717, 1.165) is 0 Å². The maximum Gasteiger partial charge on any atom is 0.311 e. The highest BCUT2D eigenvalue weighted by atomic mass is 19.1. The third-order valence-electron chi connectivity index (χ3n) is 4.80. The quantitative estimate of drug-likeness (QED) is 0.845. The van der Waals surface area contributed by atoms with Gasteiger partial charge in [0.25, 0.3) is 5.91 Å². The lowest BCUT2D eigenvalue weighted by molar-refractivity contribution is -0.136. The number of furan rings is 1. The maximum absolute atomic E-state index is 13.7. The minimum Gasteiger partial charge on any atom is -0.481 e. The number of carboxylic acids is 1. The van der Waals surface area contributed by atoms with Crippen LogP contribution in [-0.4, -0.2) is 58.9 Å². The Kier molecular flexibility index (Phi) is 5.77.